The van der Waals surface area contributed by atoms with Gasteiger partial charge in [-0.1, -0.05) is 0 Å². The summed E-state index contributed by atoms with van der Waals surface area (Å²) in [7, 11) is 2.09. The average Bonchev–Trinajstić information content (AvgIpc) is 2.76. The van der Waals surface area contributed by atoms with Crippen LogP contribution in [0.1, 0.15) is 4.88 Å². The van der Waals surface area contributed by atoms with Crippen LogP contribution in [-0.2, 0) is 13.2 Å². The summed E-state index contributed by atoms with van der Waals surface area (Å²) in [5.74, 6) is 0. The van der Waals surface area contributed by atoms with Gasteiger partial charge in [0, 0.05) is 17.6 Å². The van der Waals surface area contributed by atoms with E-state index in [4.69, 9.17) is 0 Å². The Morgan fingerprint density at radius 2 is 2.25 bits per heavy atom. The fourth-order valence-corrected chi connectivity index (χ4v) is 3.31. The molecule has 0 radical (unpaired) electrons. The molecule has 86 valence electrons. The van der Waals surface area contributed by atoms with E-state index < -0.39 is 0 Å². The molecule has 2 aromatic rings. The predicted octanol–water partition coefficient (Wildman–Crippen LogP) is 3.56. The molecule has 16 heavy (non-hydrogen) atoms. The van der Waals surface area contributed by atoms with Crippen molar-refractivity contribution in [3.63, 3.8) is 0 Å². The van der Waals surface area contributed by atoms with Gasteiger partial charge in [0.2, 0.25) is 0 Å². The first-order valence-corrected chi connectivity index (χ1v) is 7.14. The molecule has 0 bridgehead atoms. The predicted molar refractivity (Wildman–Crippen MR) is 73.4 cm³/mol. The highest BCUT2D eigenvalue weighted by Gasteiger charge is 2.04. The molecule has 2 aromatic heterocycles. The Bertz CT molecular complexity index is 424. The van der Waals surface area contributed by atoms with Crippen LogP contribution in [-0.4, -0.2) is 21.7 Å². The van der Waals surface area contributed by atoms with Crippen molar-refractivity contribution >= 4 is 43.2 Å². The number of thiophene rings is 1. The maximum Gasteiger partial charge on any atom is 0.0929 e. The third kappa shape index (κ3) is 3.41. The zero-order chi connectivity index (χ0) is 11.5. The topological polar surface area (TPSA) is 21.1 Å². The lowest BCUT2D eigenvalue weighted by molar-refractivity contribution is 0.248. The second kappa shape index (κ2) is 5.44. The van der Waals surface area contributed by atoms with E-state index in [0.29, 0.717) is 0 Å². The Hall–Kier alpha value is -0.170. The summed E-state index contributed by atoms with van der Waals surface area (Å²) in [5.41, 5.74) is 0. The summed E-state index contributed by atoms with van der Waals surface area (Å²) in [6, 6.07) is 4.22. The van der Waals surface area contributed by atoms with Gasteiger partial charge >= 0.3 is 0 Å². The van der Waals surface area contributed by atoms with Gasteiger partial charge < -0.3 is 0 Å². The van der Waals surface area contributed by atoms with E-state index in [-0.39, 0.29) is 0 Å². The number of rotatable bonds is 4. The number of hydrogen-bond donors (Lipinski definition) is 0. The molecule has 6 heteroatoms. The molecule has 3 nitrogen and oxygen atoms in total. The largest absolute Gasteiger partial charge is 0.282 e. The molecule has 0 fully saturated rings. The molecule has 0 N–H and O–H groups in total. The molecule has 0 aliphatic rings. The first-order chi connectivity index (χ1) is 7.63. The molecule has 0 aliphatic carbocycles. The highest BCUT2D eigenvalue weighted by atomic mass is 79.9. The van der Waals surface area contributed by atoms with Crippen LogP contribution in [0.3, 0.4) is 0 Å². The first kappa shape index (κ1) is 12.3. The van der Waals surface area contributed by atoms with Crippen LogP contribution >= 0.6 is 43.2 Å². The Morgan fingerprint density at radius 3 is 2.81 bits per heavy atom. The Balaban J connectivity index is 1.91. The lowest BCUT2D eigenvalue weighted by Gasteiger charge is -2.15. The summed E-state index contributed by atoms with van der Waals surface area (Å²) in [4.78, 5) is 3.57. The minimum absolute atomic E-state index is 0.793. The number of hydrogen-bond acceptors (Lipinski definition) is 3. The molecule has 0 saturated heterocycles. The zero-order valence-electron chi connectivity index (χ0n) is 8.73. The molecule has 0 saturated carbocycles. The van der Waals surface area contributed by atoms with Crippen LogP contribution < -0.4 is 0 Å². The van der Waals surface area contributed by atoms with Gasteiger partial charge in [0.15, 0.2) is 0 Å². The summed E-state index contributed by atoms with van der Waals surface area (Å²) < 4.78 is 4.10. The molecule has 0 aromatic carbocycles. The number of halogens is 2. The van der Waals surface area contributed by atoms with Gasteiger partial charge in [-0.2, -0.15) is 5.10 Å². The van der Waals surface area contributed by atoms with Crippen LogP contribution in [0.15, 0.2) is 32.8 Å². The molecule has 0 unspecified atom stereocenters. The van der Waals surface area contributed by atoms with E-state index in [2.05, 4.69) is 61.0 Å². The normalized spacial score (nSPS) is 11.2. The molecule has 0 amide bonds. The van der Waals surface area contributed by atoms with E-state index in [1.165, 1.54) is 8.66 Å². The van der Waals surface area contributed by atoms with Gasteiger partial charge in [-0.05, 0) is 51.0 Å². The van der Waals surface area contributed by atoms with Crippen molar-refractivity contribution in [2.24, 2.45) is 0 Å². The fourth-order valence-electron chi connectivity index (χ4n) is 1.42. The molecule has 0 aliphatic heterocycles. The maximum absolute atomic E-state index is 4.22. The molecule has 2 heterocycles. The molecular weight excluding hydrogens is 354 g/mol. The monoisotopic (exact) mass is 363 g/mol. The van der Waals surface area contributed by atoms with Crippen molar-refractivity contribution in [2.45, 2.75) is 13.2 Å². The van der Waals surface area contributed by atoms with E-state index in [1.807, 2.05) is 10.9 Å². The van der Waals surface area contributed by atoms with Gasteiger partial charge in [0.05, 0.1) is 21.1 Å². The molecule has 0 spiro atoms. The van der Waals surface area contributed by atoms with Crippen LogP contribution in [0, 0.1) is 0 Å². The fraction of sp³-hybridized carbons (Fsp3) is 0.300. The number of aromatic nitrogens is 2. The SMILES string of the molecule is CN(Cc1ccc(Br)s1)Cn1cc(Br)cn1. The third-order valence-electron chi connectivity index (χ3n) is 2.04. The Morgan fingerprint density at radius 1 is 1.44 bits per heavy atom. The van der Waals surface area contributed by atoms with Crippen LogP contribution in [0.4, 0.5) is 0 Å². The zero-order valence-corrected chi connectivity index (χ0v) is 12.7. The van der Waals surface area contributed by atoms with Crippen LogP contribution in [0.2, 0.25) is 0 Å². The maximum atomic E-state index is 4.22. The van der Waals surface area contributed by atoms with Crippen molar-refractivity contribution in [2.75, 3.05) is 7.05 Å². The quantitative estimate of drug-likeness (QED) is 0.827. The molecule has 0 atom stereocenters. The second-order valence-corrected chi connectivity index (χ2v) is 7.02. The Kier molecular flexibility index (Phi) is 4.18. The average molecular weight is 365 g/mol. The van der Waals surface area contributed by atoms with Crippen molar-refractivity contribution in [1.82, 2.24) is 14.7 Å². The van der Waals surface area contributed by atoms with Crippen LogP contribution in [0.5, 0.6) is 0 Å². The van der Waals surface area contributed by atoms with E-state index in [9.17, 15) is 0 Å². The van der Waals surface area contributed by atoms with Gasteiger partial charge in [0.25, 0.3) is 0 Å². The minimum Gasteiger partial charge on any atom is -0.282 e. The van der Waals surface area contributed by atoms with Crippen molar-refractivity contribution in [1.29, 1.82) is 0 Å². The lowest BCUT2D eigenvalue weighted by atomic mass is 10.4. The lowest BCUT2D eigenvalue weighted by Crippen LogP contribution is -2.21. The molecule has 2 rings (SSSR count). The van der Waals surface area contributed by atoms with Crippen molar-refractivity contribution in [3.8, 4) is 0 Å². The Labute approximate surface area is 115 Å². The van der Waals surface area contributed by atoms with E-state index in [0.717, 1.165) is 17.7 Å². The highest BCUT2D eigenvalue weighted by molar-refractivity contribution is 9.11. The summed E-state index contributed by atoms with van der Waals surface area (Å²) >= 11 is 8.62. The summed E-state index contributed by atoms with van der Waals surface area (Å²) in [5, 5.41) is 4.22. The van der Waals surface area contributed by atoms with Crippen molar-refractivity contribution < 1.29 is 0 Å². The summed E-state index contributed by atoms with van der Waals surface area (Å²) in [6.07, 6.45) is 3.77. The molecular formula is C10H11Br2N3S. The second-order valence-electron chi connectivity index (χ2n) is 3.56. The van der Waals surface area contributed by atoms with Gasteiger partial charge in [0.1, 0.15) is 0 Å². The smallest absolute Gasteiger partial charge is 0.0929 e. The van der Waals surface area contributed by atoms with Crippen molar-refractivity contribution in [3.05, 3.63) is 37.7 Å². The van der Waals surface area contributed by atoms with Gasteiger partial charge in [-0.25, -0.2) is 0 Å². The van der Waals surface area contributed by atoms with E-state index >= 15 is 0 Å². The van der Waals surface area contributed by atoms with Gasteiger partial charge in [-0.15, -0.1) is 11.3 Å². The standard InChI is InChI=1S/C10H11Br2N3S/c1-14(6-9-2-3-10(12)16-9)7-15-5-8(11)4-13-15/h2-5H,6-7H2,1H3. The highest BCUT2D eigenvalue weighted by Crippen LogP contribution is 2.23. The third-order valence-corrected chi connectivity index (χ3v) is 4.06. The number of nitrogens with zero attached hydrogens (tertiary/aromatic N) is 3. The minimum atomic E-state index is 0.793. The summed E-state index contributed by atoms with van der Waals surface area (Å²) in [6.45, 7) is 1.73. The van der Waals surface area contributed by atoms with E-state index in [1.54, 1.807) is 17.5 Å². The first-order valence-electron chi connectivity index (χ1n) is 4.74. The van der Waals surface area contributed by atoms with Gasteiger partial charge in [-0.3, -0.25) is 9.58 Å². The van der Waals surface area contributed by atoms with Crippen LogP contribution in [0.25, 0.3) is 0 Å².